The van der Waals surface area contributed by atoms with Crippen molar-refractivity contribution in [3.63, 3.8) is 0 Å². The van der Waals surface area contributed by atoms with E-state index in [-0.39, 0.29) is 18.7 Å². The van der Waals surface area contributed by atoms with Crippen LogP contribution in [-0.4, -0.2) is 63.2 Å². The van der Waals surface area contributed by atoms with Gasteiger partial charge in [-0.05, 0) is 18.4 Å². The van der Waals surface area contributed by atoms with Crippen molar-refractivity contribution in [2.75, 3.05) is 6.16 Å². The van der Waals surface area contributed by atoms with E-state index in [2.05, 4.69) is 0 Å². The maximum absolute atomic E-state index is 10.6. The maximum atomic E-state index is 10.6. The molecule has 0 aromatic heterocycles. The van der Waals surface area contributed by atoms with Crippen LogP contribution < -0.4 is 0 Å². The normalized spacial score (nSPS) is 37.9. The molecule has 0 aliphatic carbocycles. The van der Waals surface area contributed by atoms with Gasteiger partial charge in [0, 0.05) is 6.42 Å². The second kappa shape index (κ2) is 6.86. The minimum Gasteiger partial charge on any atom is -0.388 e. The molecule has 4 unspecified atom stereocenters. The third-order valence-electron chi connectivity index (χ3n) is 2.68. The summed E-state index contributed by atoms with van der Waals surface area (Å²) in [5.41, 5.74) is 0. The van der Waals surface area contributed by atoms with Crippen LogP contribution in [0.1, 0.15) is 20.3 Å². The molecule has 7 nitrogen and oxygen atoms in total. The predicted octanol–water partition coefficient (Wildman–Crippen LogP) is -0.656. The molecule has 1 saturated heterocycles. The van der Waals surface area contributed by atoms with E-state index in [4.69, 9.17) is 14.4 Å². The quantitative estimate of drug-likeness (QED) is 0.495. The summed E-state index contributed by atoms with van der Waals surface area (Å²) in [7, 11) is -2.33. The molecule has 18 heavy (non-hydrogen) atoms. The number of rotatable bonds is 5. The summed E-state index contributed by atoms with van der Waals surface area (Å²) in [4.78, 5) is 8.73. The van der Waals surface area contributed by atoms with Crippen molar-refractivity contribution in [3.8, 4) is 0 Å². The monoisotopic (exact) mass is 283 g/mol. The topological polar surface area (TPSA) is 116 Å². The molecular weight excluding hydrogens is 263 g/mol. The Morgan fingerprint density at radius 3 is 2.33 bits per heavy atom. The van der Waals surface area contributed by atoms with E-state index in [9.17, 15) is 19.9 Å². The van der Waals surface area contributed by atoms with Crippen molar-refractivity contribution in [1.82, 2.24) is 0 Å². The summed E-state index contributed by atoms with van der Waals surface area (Å²) in [6.07, 6.45) is -6.10. The molecule has 1 rings (SSSR count). The van der Waals surface area contributed by atoms with Crippen molar-refractivity contribution >= 4 is 8.03 Å². The van der Waals surface area contributed by atoms with Crippen molar-refractivity contribution in [3.05, 3.63) is 0 Å². The van der Waals surface area contributed by atoms with Crippen LogP contribution in [0.3, 0.4) is 0 Å². The summed E-state index contributed by atoms with van der Waals surface area (Å²) in [6.45, 7) is 3.49. The van der Waals surface area contributed by atoms with Crippen molar-refractivity contribution in [2.45, 2.75) is 57.1 Å². The Labute approximate surface area is 106 Å². The zero-order chi connectivity index (χ0) is 13.9. The van der Waals surface area contributed by atoms with E-state index in [0.717, 1.165) is 0 Å². The number of aliphatic hydroxyl groups is 3. The van der Waals surface area contributed by atoms with Crippen LogP contribution in [0.15, 0.2) is 0 Å². The highest BCUT2D eigenvalue weighted by Crippen LogP contribution is 2.27. The van der Waals surface area contributed by atoms with Gasteiger partial charge in [0.25, 0.3) is 0 Å². The molecular formula is C10H20O7P+. The Hall–Kier alpha value is -0.140. The highest BCUT2D eigenvalue weighted by molar-refractivity contribution is 7.37. The lowest BCUT2D eigenvalue weighted by atomic mass is 9.97. The first kappa shape index (κ1) is 15.9. The Kier molecular flexibility index (Phi) is 6.07. The van der Waals surface area contributed by atoms with Gasteiger partial charge < -0.3 is 24.8 Å². The summed E-state index contributed by atoms with van der Waals surface area (Å²) >= 11 is 0. The van der Waals surface area contributed by atoms with Crippen LogP contribution >= 0.6 is 8.03 Å². The first-order chi connectivity index (χ1) is 8.32. The van der Waals surface area contributed by atoms with E-state index in [1.807, 2.05) is 0 Å². The fourth-order valence-corrected chi connectivity index (χ4v) is 2.25. The van der Waals surface area contributed by atoms with Gasteiger partial charge in [0.15, 0.2) is 12.5 Å². The molecule has 1 aliphatic heterocycles. The van der Waals surface area contributed by atoms with Crippen molar-refractivity contribution < 1.29 is 34.3 Å². The van der Waals surface area contributed by atoms with Gasteiger partial charge in [-0.3, -0.25) is 0 Å². The Morgan fingerprint density at radius 2 is 1.83 bits per heavy atom. The Morgan fingerprint density at radius 1 is 1.22 bits per heavy atom. The Bertz CT molecular complexity index is 285. The van der Waals surface area contributed by atoms with Crippen molar-refractivity contribution in [2.24, 2.45) is 0 Å². The van der Waals surface area contributed by atoms with Gasteiger partial charge in [-0.15, -0.1) is 0 Å². The number of hydrogen-bond donors (Lipinski definition) is 4. The standard InChI is InChI=1S/C10H19O7P/c1-5(2)16-10-9(13)8(12)7(11)6(17-10)3-4-18(14)15/h5-13H,3-4H2,1-2H3/p+1/t6?,7-,8?,9?,10+/m1/s1. The zero-order valence-electron chi connectivity index (χ0n) is 10.3. The third kappa shape index (κ3) is 4.20. The molecule has 106 valence electrons. The molecule has 4 N–H and O–H groups in total. The number of hydrogen-bond acceptors (Lipinski definition) is 6. The average Bonchev–Trinajstić information content (AvgIpc) is 2.27. The molecule has 8 heteroatoms. The van der Waals surface area contributed by atoms with Gasteiger partial charge in [0.1, 0.15) is 18.3 Å². The highest BCUT2D eigenvalue weighted by Gasteiger charge is 2.45. The highest BCUT2D eigenvalue weighted by atomic mass is 31.1. The van der Waals surface area contributed by atoms with Crippen LogP contribution in [0.25, 0.3) is 0 Å². The molecule has 0 aromatic carbocycles. The van der Waals surface area contributed by atoms with Gasteiger partial charge in [0.05, 0.1) is 12.2 Å². The Balaban J connectivity index is 2.64. The summed E-state index contributed by atoms with van der Waals surface area (Å²) in [5, 5.41) is 29.1. The van der Waals surface area contributed by atoms with Gasteiger partial charge in [-0.2, -0.15) is 4.89 Å². The lowest BCUT2D eigenvalue weighted by Crippen LogP contribution is -2.58. The smallest absolute Gasteiger partial charge is 0.388 e. The van der Waals surface area contributed by atoms with Gasteiger partial charge in [-0.25, -0.2) is 0 Å². The number of ether oxygens (including phenoxy) is 2. The second-order valence-electron chi connectivity index (χ2n) is 4.56. The van der Waals surface area contributed by atoms with Crippen LogP contribution in [0, 0.1) is 0 Å². The molecule has 0 aromatic rings. The van der Waals surface area contributed by atoms with Gasteiger partial charge in [0.2, 0.25) is 0 Å². The van der Waals surface area contributed by atoms with E-state index < -0.39 is 38.7 Å². The van der Waals surface area contributed by atoms with Crippen LogP contribution in [0.2, 0.25) is 0 Å². The van der Waals surface area contributed by atoms with Crippen LogP contribution in [0.5, 0.6) is 0 Å². The molecule has 0 bridgehead atoms. The van der Waals surface area contributed by atoms with E-state index in [1.165, 1.54) is 0 Å². The molecule has 1 aliphatic rings. The average molecular weight is 283 g/mol. The molecule has 6 atom stereocenters. The first-order valence-corrected chi connectivity index (χ1v) is 7.21. The molecule has 0 radical (unpaired) electrons. The van der Waals surface area contributed by atoms with E-state index in [1.54, 1.807) is 13.8 Å². The van der Waals surface area contributed by atoms with Gasteiger partial charge >= 0.3 is 8.03 Å². The molecule has 1 fully saturated rings. The molecule has 0 saturated carbocycles. The third-order valence-corrected chi connectivity index (χ3v) is 3.32. The minimum absolute atomic E-state index is 0.0473. The summed E-state index contributed by atoms with van der Waals surface area (Å²) in [6, 6.07) is 0. The molecule has 0 spiro atoms. The lowest BCUT2D eigenvalue weighted by molar-refractivity contribution is -0.304. The SMILES string of the molecule is CC(C)O[C@H]1OC(CC[P+](=O)O)[C@@H](O)C(O)C1O. The fourth-order valence-electron chi connectivity index (χ4n) is 1.77. The summed E-state index contributed by atoms with van der Waals surface area (Å²) in [5.74, 6) is 0. The predicted molar refractivity (Wildman–Crippen MR) is 62.2 cm³/mol. The van der Waals surface area contributed by atoms with Gasteiger partial charge in [-0.1, -0.05) is 0 Å². The maximum Gasteiger partial charge on any atom is 0.505 e. The van der Waals surface area contributed by atoms with E-state index >= 15 is 0 Å². The second-order valence-corrected chi connectivity index (χ2v) is 5.72. The van der Waals surface area contributed by atoms with Crippen LogP contribution in [0.4, 0.5) is 0 Å². The molecule has 0 amide bonds. The number of aliphatic hydroxyl groups excluding tert-OH is 3. The lowest BCUT2D eigenvalue weighted by Gasteiger charge is -2.40. The fraction of sp³-hybridized carbons (Fsp3) is 1.00. The summed E-state index contributed by atoms with van der Waals surface area (Å²) < 4.78 is 21.2. The molecule has 1 heterocycles. The van der Waals surface area contributed by atoms with E-state index in [0.29, 0.717) is 0 Å². The zero-order valence-corrected chi connectivity index (χ0v) is 11.2. The first-order valence-electron chi connectivity index (χ1n) is 5.81. The van der Waals surface area contributed by atoms with Crippen molar-refractivity contribution in [1.29, 1.82) is 0 Å². The van der Waals surface area contributed by atoms with Crippen LogP contribution in [-0.2, 0) is 14.0 Å². The largest absolute Gasteiger partial charge is 0.505 e. The minimum atomic E-state index is -2.33.